The number of urea groups is 1. The molecule has 3 aromatic carbocycles. The van der Waals surface area contributed by atoms with Gasteiger partial charge in [0.2, 0.25) is 0 Å². The van der Waals surface area contributed by atoms with E-state index < -0.39 is 11.6 Å². The van der Waals surface area contributed by atoms with Gasteiger partial charge in [-0.3, -0.25) is 19.4 Å². The van der Waals surface area contributed by atoms with Crippen molar-refractivity contribution in [3.05, 3.63) is 83.9 Å². The lowest BCUT2D eigenvalue weighted by Gasteiger charge is -2.29. The number of amides is 4. The van der Waals surface area contributed by atoms with Crippen LogP contribution in [-0.4, -0.2) is 28.3 Å². The first-order valence-electron chi connectivity index (χ1n) is 10.2. The number of imide groups is 1. The molecule has 0 aliphatic carbocycles. The van der Waals surface area contributed by atoms with Crippen molar-refractivity contribution in [1.82, 2.24) is 4.90 Å². The normalized spacial score (nSPS) is 13.2. The summed E-state index contributed by atoms with van der Waals surface area (Å²) in [6, 6.07) is 20.5. The number of nitrogens with zero attached hydrogens (tertiary/aromatic N) is 2. The van der Waals surface area contributed by atoms with Crippen LogP contribution in [0.4, 0.5) is 27.5 Å². The highest BCUT2D eigenvalue weighted by Gasteiger charge is 2.42. The van der Waals surface area contributed by atoms with E-state index in [1.807, 2.05) is 51.1 Å². The molecule has 32 heavy (non-hydrogen) atoms. The second-order valence-electron chi connectivity index (χ2n) is 8.57. The molecule has 0 atom stereocenters. The Kier molecular flexibility index (Phi) is 5.18. The van der Waals surface area contributed by atoms with Crippen molar-refractivity contribution in [3.63, 3.8) is 0 Å². The molecule has 3 N–H and O–H groups in total. The smallest absolute Gasteiger partial charge is 0.330 e. The van der Waals surface area contributed by atoms with Crippen molar-refractivity contribution in [2.75, 3.05) is 16.0 Å². The minimum Gasteiger partial charge on any atom is -0.399 e. The monoisotopic (exact) mass is 428 g/mol. The lowest BCUT2D eigenvalue weighted by Crippen LogP contribution is -2.45. The maximum Gasteiger partial charge on any atom is 0.330 e. The molecule has 0 spiro atoms. The van der Waals surface area contributed by atoms with E-state index in [-0.39, 0.29) is 17.4 Å². The van der Waals surface area contributed by atoms with Gasteiger partial charge in [0.15, 0.2) is 0 Å². The number of anilines is 4. The van der Waals surface area contributed by atoms with Crippen LogP contribution in [0.5, 0.6) is 0 Å². The zero-order chi connectivity index (χ0) is 23.0. The number of nitrogens with one attached hydrogen (secondary N) is 1. The number of carbonyl (C=O) groups excluding carboxylic acids is 3. The molecule has 0 unspecified atom stereocenters. The van der Waals surface area contributed by atoms with E-state index in [0.717, 1.165) is 0 Å². The van der Waals surface area contributed by atoms with Crippen LogP contribution in [0, 0.1) is 0 Å². The van der Waals surface area contributed by atoms with E-state index in [1.54, 1.807) is 42.5 Å². The summed E-state index contributed by atoms with van der Waals surface area (Å²) in [7, 11) is 0. The highest BCUT2D eigenvalue weighted by molar-refractivity contribution is 6.22. The van der Waals surface area contributed by atoms with Gasteiger partial charge in [-0.25, -0.2) is 4.79 Å². The van der Waals surface area contributed by atoms with Gasteiger partial charge in [0.1, 0.15) is 0 Å². The van der Waals surface area contributed by atoms with Gasteiger partial charge in [0.25, 0.3) is 11.8 Å². The summed E-state index contributed by atoms with van der Waals surface area (Å²) in [5.41, 5.74) is 8.08. The summed E-state index contributed by atoms with van der Waals surface area (Å²) in [6.07, 6.45) is 0. The molecular formula is C25H24N4O3. The van der Waals surface area contributed by atoms with Gasteiger partial charge in [-0.1, -0.05) is 18.2 Å². The van der Waals surface area contributed by atoms with Gasteiger partial charge in [-0.05, 0) is 75.4 Å². The molecule has 7 heteroatoms. The Labute approximate surface area is 186 Å². The Morgan fingerprint density at radius 2 is 1.44 bits per heavy atom. The minimum absolute atomic E-state index is 0.279. The van der Waals surface area contributed by atoms with Crippen LogP contribution in [0.1, 0.15) is 41.5 Å². The summed E-state index contributed by atoms with van der Waals surface area (Å²) in [5, 5.41) is 2.85. The first-order chi connectivity index (χ1) is 15.2. The van der Waals surface area contributed by atoms with Crippen molar-refractivity contribution in [2.24, 2.45) is 0 Å². The first kappa shape index (κ1) is 21.1. The molecular weight excluding hydrogens is 404 g/mol. The third-order valence-electron chi connectivity index (χ3n) is 5.18. The van der Waals surface area contributed by atoms with Crippen molar-refractivity contribution in [3.8, 4) is 0 Å². The molecule has 1 aliphatic rings. The fourth-order valence-corrected chi connectivity index (χ4v) is 3.69. The average molecular weight is 428 g/mol. The molecule has 0 bridgehead atoms. The van der Waals surface area contributed by atoms with Gasteiger partial charge in [-0.15, -0.1) is 0 Å². The molecule has 0 fully saturated rings. The highest BCUT2D eigenvalue weighted by Crippen LogP contribution is 2.32. The van der Waals surface area contributed by atoms with Crippen LogP contribution in [0.3, 0.4) is 0 Å². The number of fused-ring (bicyclic) bond motifs is 1. The fourth-order valence-electron chi connectivity index (χ4n) is 3.69. The predicted molar refractivity (Wildman–Crippen MR) is 125 cm³/mol. The van der Waals surface area contributed by atoms with Crippen LogP contribution in [0.2, 0.25) is 0 Å². The van der Waals surface area contributed by atoms with Gasteiger partial charge >= 0.3 is 6.03 Å². The van der Waals surface area contributed by atoms with E-state index in [2.05, 4.69) is 5.32 Å². The number of hydrogen-bond acceptors (Lipinski definition) is 4. The van der Waals surface area contributed by atoms with Gasteiger partial charge in [0.05, 0.1) is 22.5 Å². The lowest BCUT2D eigenvalue weighted by molar-refractivity contribution is 0.0507. The molecule has 0 aromatic heterocycles. The zero-order valence-electron chi connectivity index (χ0n) is 18.1. The summed E-state index contributed by atoms with van der Waals surface area (Å²) in [4.78, 5) is 41.6. The summed E-state index contributed by atoms with van der Waals surface area (Å²) >= 11 is 0. The number of nitrogen functional groups attached to an aromatic ring is 1. The van der Waals surface area contributed by atoms with Crippen LogP contribution in [0.15, 0.2) is 72.8 Å². The van der Waals surface area contributed by atoms with Gasteiger partial charge in [0, 0.05) is 16.9 Å². The van der Waals surface area contributed by atoms with Crippen molar-refractivity contribution in [1.29, 1.82) is 0 Å². The van der Waals surface area contributed by atoms with E-state index in [4.69, 9.17) is 5.73 Å². The second kappa shape index (κ2) is 7.85. The molecule has 4 amide bonds. The minimum atomic E-state index is -0.643. The molecule has 7 nitrogen and oxygen atoms in total. The van der Waals surface area contributed by atoms with Crippen molar-refractivity contribution < 1.29 is 14.4 Å². The molecule has 162 valence electrons. The molecule has 1 aliphatic heterocycles. The largest absolute Gasteiger partial charge is 0.399 e. The Hall–Kier alpha value is -4.13. The molecule has 3 aromatic rings. The van der Waals surface area contributed by atoms with Gasteiger partial charge < -0.3 is 11.1 Å². The second-order valence-corrected chi connectivity index (χ2v) is 8.57. The van der Waals surface area contributed by atoms with E-state index in [9.17, 15) is 14.4 Å². The lowest BCUT2D eigenvalue weighted by atomic mass is 10.1. The highest BCUT2D eigenvalue weighted by atomic mass is 16.2. The third kappa shape index (κ3) is 3.80. The van der Waals surface area contributed by atoms with Crippen LogP contribution >= 0.6 is 0 Å². The van der Waals surface area contributed by atoms with Crippen LogP contribution < -0.4 is 16.0 Å². The Balaban J connectivity index is 1.66. The van der Waals surface area contributed by atoms with E-state index in [0.29, 0.717) is 28.3 Å². The molecule has 4 rings (SSSR count). The predicted octanol–water partition coefficient (Wildman–Crippen LogP) is 5.03. The summed E-state index contributed by atoms with van der Waals surface area (Å²) < 4.78 is 0. The number of para-hydroxylation sites is 1. The standard InChI is InChI=1S/C25H24N4O3/c1-25(2,3)29-22(30)20-14-11-17(15-21(20)23(29)31)27-24(32)28(18-7-5-4-6-8-18)19-12-9-16(26)10-13-19/h4-15H,26H2,1-3H3,(H,27,32). The molecule has 0 radical (unpaired) electrons. The average Bonchev–Trinajstić information content (AvgIpc) is 3.00. The maximum absolute atomic E-state index is 13.3. The van der Waals surface area contributed by atoms with Crippen LogP contribution in [-0.2, 0) is 0 Å². The summed E-state index contributed by atoms with van der Waals surface area (Å²) in [6.45, 7) is 5.42. The number of hydrogen-bond donors (Lipinski definition) is 2. The van der Waals surface area contributed by atoms with Gasteiger partial charge in [-0.2, -0.15) is 0 Å². The van der Waals surface area contributed by atoms with Crippen molar-refractivity contribution in [2.45, 2.75) is 26.3 Å². The van der Waals surface area contributed by atoms with E-state index >= 15 is 0 Å². The SMILES string of the molecule is CC(C)(C)N1C(=O)c2ccc(NC(=O)N(c3ccccc3)c3ccc(N)cc3)cc2C1=O. The maximum atomic E-state index is 13.3. The fraction of sp³-hybridized carbons (Fsp3) is 0.160. The molecule has 0 saturated carbocycles. The molecule has 0 saturated heterocycles. The Morgan fingerprint density at radius 1 is 0.844 bits per heavy atom. The number of carbonyl (C=O) groups is 3. The van der Waals surface area contributed by atoms with E-state index in [1.165, 1.54) is 9.80 Å². The number of rotatable bonds is 3. The molecule has 1 heterocycles. The number of benzene rings is 3. The Morgan fingerprint density at radius 3 is 2.06 bits per heavy atom. The third-order valence-corrected chi connectivity index (χ3v) is 5.18. The summed E-state index contributed by atoms with van der Waals surface area (Å²) in [5.74, 6) is -0.699. The topological polar surface area (TPSA) is 95.7 Å². The quantitative estimate of drug-likeness (QED) is 0.452. The first-order valence-corrected chi connectivity index (χ1v) is 10.2. The van der Waals surface area contributed by atoms with Crippen molar-refractivity contribution >= 4 is 40.6 Å². The Bertz CT molecular complexity index is 1200. The number of nitrogens with two attached hydrogens (primary N) is 1. The van der Waals surface area contributed by atoms with Crippen LogP contribution in [0.25, 0.3) is 0 Å². The zero-order valence-corrected chi connectivity index (χ0v) is 18.1.